The summed E-state index contributed by atoms with van der Waals surface area (Å²) in [6, 6.07) is 11.5. The molecule has 1 N–H and O–H groups in total. The van der Waals surface area contributed by atoms with E-state index in [-0.39, 0.29) is 12.4 Å². The Balaban J connectivity index is 1.39. The van der Waals surface area contributed by atoms with Crippen molar-refractivity contribution in [3.63, 3.8) is 0 Å². The average molecular weight is 386 g/mol. The SMILES string of the molecule is O=C(COc1ccccc1F)Nc1nc(-c2ccc3c(c2)OCCO3)cs1. The minimum Gasteiger partial charge on any atom is -0.486 e. The lowest BCUT2D eigenvalue weighted by molar-refractivity contribution is -0.118. The number of ether oxygens (including phenoxy) is 3. The maximum atomic E-state index is 13.5. The smallest absolute Gasteiger partial charge is 0.264 e. The first kappa shape index (κ1) is 17.3. The number of fused-ring (bicyclic) bond motifs is 1. The van der Waals surface area contributed by atoms with Gasteiger partial charge in [-0.15, -0.1) is 11.3 Å². The van der Waals surface area contributed by atoms with Crippen molar-refractivity contribution in [2.75, 3.05) is 25.1 Å². The van der Waals surface area contributed by atoms with E-state index in [1.165, 1.54) is 23.5 Å². The van der Waals surface area contributed by atoms with Crippen LogP contribution in [0.3, 0.4) is 0 Å². The highest BCUT2D eigenvalue weighted by Gasteiger charge is 2.15. The summed E-state index contributed by atoms with van der Waals surface area (Å²) in [7, 11) is 0. The molecule has 3 aromatic rings. The Hall–Kier alpha value is -3.13. The highest BCUT2D eigenvalue weighted by Crippen LogP contribution is 2.35. The van der Waals surface area contributed by atoms with Crippen molar-refractivity contribution in [1.29, 1.82) is 0 Å². The predicted molar refractivity (Wildman–Crippen MR) is 99.1 cm³/mol. The molecule has 1 aliphatic rings. The largest absolute Gasteiger partial charge is 0.486 e. The van der Waals surface area contributed by atoms with Gasteiger partial charge >= 0.3 is 0 Å². The lowest BCUT2D eigenvalue weighted by Gasteiger charge is -2.18. The fraction of sp³-hybridized carbons (Fsp3) is 0.158. The van der Waals surface area contributed by atoms with Gasteiger partial charge in [-0.2, -0.15) is 0 Å². The number of anilines is 1. The molecule has 0 bridgehead atoms. The van der Waals surface area contributed by atoms with E-state index in [1.807, 2.05) is 23.6 Å². The highest BCUT2D eigenvalue weighted by molar-refractivity contribution is 7.14. The predicted octanol–water partition coefficient (Wildman–Crippen LogP) is 3.74. The number of carbonyl (C=O) groups excluding carboxylic acids is 1. The standard InChI is InChI=1S/C19H15FN2O4S/c20-13-3-1-2-4-15(13)26-10-18(23)22-19-21-14(11-27-19)12-5-6-16-17(9-12)25-8-7-24-16/h1-6,9,11H,7-8,10H2,(H,21,22,23). The van der Waals surface area contributed by atoms with Gasteiger partial charge in [0, 0.05) is 10.9 Å². The topological polar surface area (TPSA) is 69.7 Å². The Morgan fingerprint density at radius 2 is 2.00 bits per heavy atom. The van der Waals surface area contributed by atoms with Crippen LogP contribution in [0.25, 0.3) is 11.3 Å². The van der Waals surface area contributed by atoms with Crippen LogP contribution in [0, 0.1) is 5.82 Å². The molecule has 8 heteroatoms. The number of halogens is 1. The van der Waals surface area contributed by atoms with Gasteiger partial charge in [-0.05, 0) is 30.3 Å². The van der Waals surface area contributed by atoms with Crippen LogP contribution >= 0.6 is 11.3 Å². The van der Waals surface area contributed by atoms with Crippen LogP contribution in [-0.4, -0.2) is 30.7 Å². The number of carbonyl (C=O) groups is 1. The molecule has 0 aliphatic carbocycles. The van der Waals surface area contributed by atoms with Crippen LogP contribution in [0.1, 0.15) is 0 Å². The Morgan fingerprint density at radius 1 is 1.19 bits per heavy atom. The first-order valence-electron chi connectivity index (χ1n) is 8.22. The zero-order valence-electron chi connectivity index (χ0n) is 14.1. The van der Waals surface area contributed by atoms with E-state index in [0.29, 0.717) is 35.5 Å². The van der Waals surface area contributed by atoms with Crippen LogP contribution < -0.4 is 19.5 Å². The fourth-order valence-electron chi connectivity index (χ4n) is 2.53. The fourth-order valence-corrected chi connectivity index (χ4v) is 3.26. The number of hydrogen-bond donors (Lipinski definition) is 1. The average Bonchev–Trinajstić information content (AvgIpc) is 3.15. The molecule has 27 heavy (non-hydrogen) atoms. The molecule has 0 saturated carbocycles. The van der Waals surface area contributed by atoms with Gasteiger partial charge < -0.3 is 14.2 Å². The maximum Gasteiger partial charge on any atom is 0.264 e. The molecule has 1 aromatic heterocycles. The third-order valence-corrected chi connectivity index (χ3v) is 4.54. The first-order valence-corrected chi connectivity index (χ1v) is 9.10. The summed E-state index contributed by atoms with van der Waals surface area (Å²) in [5.41, 5.74) is 1.57. The summed E-state index contributed by atoms with van der Waals surface area (Å²) in [5.74, 6) is 0.486. The Morgan fingerprint density at radius 3 is 2.85 bits per heavy atom. The summed E-state index contributed by atoms with van der Waals surface area (Å²) in [5, 5.41) is 4.91. The third-order valence-electron chi connectivity index (χ3n) is 3.78. The molecule has 0 saturated heterocycles. The molecule has 138 valence electrons. The number of aromatic nitrogens is 1. The van der Waals surface area contributed by atoms with Crippen molar-refractivity contribution in [3.05, 3.63) is 53.7 Å². The van der Waals surface area contributed by atoms with Crippen molar-refractivity contribution >= 4 is 22.4 Å². The Labute approximate surface area is 158 Å². The number of thiazole rings is 1. The van der Waals surface area contributed by atoms with E-state index in [1.54, 1.807) is 12.1 Å². The molecule has 0 atom stereocenters. The Kier molecular flexibility index (Phi) is 4.88. The van der Waals surface area contributed by atoms with Crippen LogP contribution in [0.15, 0.2) is 47.8 Å². The molecule has 4 rings (SSSR count). The summed E-state index contributed by atoms with van der Waals surface area (Å²) in [6.07, 6.45) is 0. The molecule has 0 fully saturated rings. The zero-order chi connectivity index (χ0) is 18.6. The van der Waals surface area contributed by atoms with Gasteiger partial charge in [0.2, 0.25) is 0 Å². The lowest BCUT2D eigenvalue weighted by Crippen LogP contribution is -2.20. The van der Waals surface area contributed by atoms with E-state index >= 15 is 0 Å². The van der Waals surface area contributed by atoms with E-state index in [4.69, 9.17) is 14.2 Å². The summed E-state index contributed by atoms with van der Waals surface area (Å²) in [6.45, 7) is 0.741. The van der Waals surface area contributed by atoms with Crippen LogP contribution in [0.2, 0.25) is 0 Å². The molecule has 2 heterocycles. The number of para-hydroxylation sites is 1. The molecule has 6 nitrogen and oxygen atoms in total. The van der Waals surface area contributed by atoms with E-state index in [0.717, 1.165) is 5.56 Å². The third kappa shape index (κ3) is 4.01. The molecular weight excluding hydrogens is 371 g/mol. The van der Waals surface area contributed by atoms with Gasteiger partial charge in [-0.3, -0.25) is 10.1 Å². The summed E-state index contributed by atoms with van der Waals surface area (Å²) in [4.78, 5) is 16.4. The molecule has 1 aliphatic heterocycles. The van der Waals surface area contributed by atoms with Crippen molar-refractivity contribution < 1.29 is 23.4 Å². The number of nitrogens with one attached hydrogen (secondary N) is 1. The normalized spacial score (nSPS) is 12.5. The molecule has 1 amide bonds. The lowest BCUT2D eigenvalue weighted by atomic mass is 10.1. The number of nitrogens with zero attached hydrogens (tertiary/aromatic N) is 1. The number of benzene rings is 2. The van der Waals surface area contributed by atoms with E-state index in [9.17, 15) is 9.18 Å². The minimum atomic E-state index is -0.513. The van der Waals surface area contributed by atoms with Gasteiger partial charge in [-0.1, -0.05) is 12.1 Å². The van der Waals surface area contributed by atoms with Crippen LogP contribution in [0.5, 0.6) is 17.2 Å². The minimum absolute atomic E-state index is 0.0313. The molecule has 0 spiro atoms. The van der Waals surface area contributed by atoms with Crippen molar-refractivity contribution in [2.45, 2.75) is 0 Å². The number of amides is 1. The maximum absolute atomic E-state index is 13.5. The van der Waals surface area contributed by atoms with Gasteiger partial charge in [0.25, 0.3) is 5.91 Å². The van der Waals surface area contributed by atoms with Gasteiger partial charge in [0.05, 0.1) is 5.69 Å². The molecule has 2 aromatic carbocycles. The Bertz CT molecular complexity index is 976. The van der Waals surface area contributed by atoms with Gasteiger partial charge in [0.1, 0.15) is 13.2 Å². The first-order chi connectivity index (χ1) is 13.2. The van der Waals surface area contributed by atoms with Crippen molar-refractivity contribution in [3.8, 4) is 28.5 Å². The molecule has 0 radical (unpaired) electrons. The second-order valence-electron chi connectivity index (χ2n) is 5.66. The van der Waals surface area contributed by atoms with Gasteiger partial charge in [-0.25, -0.2) is 9.37 Å². The van der Waals surface area contributed by atoms with E-state index in [2.05, 4.69) is 10.3 Å². The number of hydrogen-bond acceptors (Lipinski definition) is 6. The number of rotatable bonds is 5. The quantitative estimate of drug-likeness (QED) is 0.723. The van der Waals surface area contributed by atoms with Crippen LogP contribution in [0.4, 0.5) is 9.52 Å². The zero-order valence-corrected chi connectivity index (χ0v) is 14.9. The summed E-state index contributed by atoms with van der Waals surface area (Å²) < 4.78 is 29.8. The van der Waals surface area contributed by atoms with Crippen molar-refractivity contribution in [2.24, 2.45) is 0 Å². The second kappa shape index (κ2) is 7.63. The summed E-state index contributed by atoms with van der Waals surface area (Å²) >= 11 is 1.29. The monoisotopic (exact) mass is 386 g/mol. The molecule has 0 unspecified atom stereocenters. The molecular formula is C19H15FN2O4S. The highest BCUT2D eigenvalue weighted by atomic mass is 32.1. The van der Waals surface area contributed by atoms with Crippen molar-refractivity contribution in [1.82, 2.24) is 4.98 Å². The van der Waals surface area contributed by atoms with Crippen LogP contribution in [-0.2, 0) is 4.79 Å². The van der Waals surface area contributed by atoms with Gasteiger partial charge in [0.15, 0.2) is 34.8 Å². The van der Waals surface area contributed by atoms with E-state index < -0.39 is 11.7 Å². The second-order valence-corrected chi connectivity index (χ2v) is 6.52.